The van der Waals surface area contributed by atoms with Gasteiger partial charge in [0, 0.05) is 10.5 Å². The second kappa shape index (κ2) is 6.89. The lowest BCUT2D eigenvalue weighted by Gasteiger charge is -2.16. The molecule has 0 spiro atoms. The number of carbonyl (C=O) groups excluding carboxylic acids is 1. The average Bonchev–Trinajstić information content (AvgIpc) is 2.31. The molecule has 2 N–H and O–H groups in total. The van der Waals surface area contributed by atoms with Crippen molar-refractivity contribution in [2.45, 2.75) is 37.8 Å². The van der Waals surface area contributed by atoms with Gasteiger partial charge in [-0.15, -0.1) is 0 Å². The predicted octanol–water partition coefficient (Wildman–Crippen LogP) is 2.29. The minimum Gasteiger partial charge on any atom is -0.353 e. The first-order valence-electron chi connectivity index (χ1n) is 5.91. The van der Waals surface area contributed by atoms with Crippen LogP contribution in [0.1, 0.15) is 20.8 Å². The van der Waals surface area contributed by atoms with Crippen molar-refractivity contribution < 1.29 is 13.2 Å². The van der Waals surface area contributed by atoms with Crippen molar-refractivity contribution in [2.75, 3.05) is 0 Å². The zero-order chi connectivity index (χ0) is 15.5. The molecule has 0 radical (unpaired) electrons. The minimum absolute atomic E-state index is 0.0398. The van der Waals surface area contributed by atoms with Crippen LogP contribution in [0.25, 0.3) is 0 Å². The molecule has 0 saturated carbocycles. The van der Waals surface area contributed by atoms with Gasteiger partial charge in [0.25, 0.3) is 0 Å². The number of rotatable bonds is 5. The lowest BCUT2D eigenvalue weighted by atomic mass is 10.3. The fourth-order valence-electron chi connectivity index (χ4n) is 1.41. The minimum atomic E-state index is -3.78. The molecule has 1 aromatic carbocycles. The number of halogens is 2. The molecule has 0 saturated heterocycles. The summed E-state index contributed by atoms with van der Waals surface area (Å²) in [5.74, 6) is -0.378. The third-order valence-corrected chi connectivity index (χ3v) is 5.11. The van der Waals surface area contributed by atoms with Gasteiger partial charge in [-0.2, -0.15) is 4.72 Å². The van der Waals surface area contributed by atoms with Crippen LogP contribution in [0.3, 0.4) is 0 Å². The van der Waals surface area contributed by atoms with E-state index in [2.05, 4.69) is 26.0 Å². The molecule has 0 bridgehead atoms. The summed E-state index contributed by atoms with van der Waals surface area (Å²) in [5.41, 5.74) is 0. The van der Waals surface area contributed by atoms with E-state index in [4.69, 9.17) is 11.6 Å². The monoisotopic (exact) mass is 382 g/mol. The molecule has 0 aliphatic rings. The molecule has 8 heteroatoms. The van der Waals surface area contributed by atoms with E-state index in [-0.39, 0.29) is 16.8 Å². The third kappa shape index (κ3) is 4.73. The summed E-state index contributed by atoms with van der Waals surface area (Å²) in [4.78, 5) is 11.8. The van der Waals surface area contributed by atoms with E-state index < -0.39 is 16.1 Å². The van der Waals surface area contributed by atoms with Crippen LogP contribution < -0.4 is 10.0 Å². The van der Waals surface area contributed by atoms with Gasteiger partial charge in [-0.05, 0) is 54.9 Å². The van der Waals surface area contributed by atoms with Crippen molar-refractivity contribution >= 4 is 43.5 Å². The smallest absolute Gasteiger partial charge is 0.241 e. The first-order valence-corrected chi connectivity index (χ1v) is 8.56. The summed E-state index contributed by atoms with van der Waals surface area (Å²) in [6.07, 6.45) is 0. The maximum absolute atomic E-state index is 12.1. The largest absolute Gasteiger partial charge is 0.353 e. The van der Waals surface area contributed by atoms with Crippen LogP contribution in [0.4, 0.5) is 0 Å². The molecule has 1 amide bonds. The molecule has 0 heterocycles. The Balaban J connectivity index is 2.89. The Bertz CT molecular complexity index is 605. The van der Waals surface area contributed by atoms with Gasteiger partial charge in [0.2, 0.25) is 15.9 Å². The lowest BCUT2D eigenvalue weighted by molar-refractivity contribution is -0.122. The van der Waals surface area contributed by atoms with E-state index >= 15 is 0 Å². The zero-order valence-corrected chi connectivity index (χ0v) is 14.4. The van der Waals surface area contributed by atoms with E-state index in [9.17, 15) is 13.2 Å². The molecule has 1 aromatic rings. The highest BCUT2D eigenvalue weighted by Crippen LogP contribution is 2.25. The summed E-state index contributed by atoms with van der Waals surface area (Å²) >= 11 is 8.98. The summed E-state index contributed by atoms with van der Waals surface area (Å²) in [6, 6.07) is 3.32. The van der Waals surface area contributed by atoms with Gasteiger partial charge in [-0.1, -0.05) is 11.6 Å². The van der Waals surface area contributed by atoms with E-state index in [0.29, 0.717) is 9.50 Å². The molecule has 112 valence electrons. The van der Waals surface area contributed by atoms with E-state index in [1.165, 1.54) is 25.1 Å². The van der Waals surface area contributed by atoms with Crippen LogP contribution in [0.2, 0.25) is 5.02 Å². The second-order valence-electron chi connectivity index (χ2n) is 4.58. The summed E-state index contributed by atoms with van der Waals surface area (Å²) in [7, 11) is -3.78. The molecule has 0 aliphatic carbocycles. The fraction of sp³-hybridized carbons (Fsp3) is 0.417. The summed E-state index contributed by atoms with van der Waals surface area (Å²) in [5, 5.41) is 3.05. The normalized spacial score (nSPS) is 13.3. The van der Waals surface area contributed by atoms with Gasteiger partial charge in [0.05, 0.1) is 16.0 Å². The Kier molecular flexibility index (Phi) is 6.00. The number of carbonyl (C=O) groups is 1. The molecule has 5 nitrogen and oxygen atoms in total. The van der Waals surface area contributed by atoms with Crippen molar-refractivity contribution in [3.63, 3.8) is 0 Å². The van der Waals surface area contributed by atoms with Crippen molar-refractivity contribution in [1.82, 2.24) is 10.0 Å². The Hall–Kier alpha value is -0.630. The van der Waals surface area contributed by atoms with E-state index in [0.717, 1.165) is 0 Å². The quantitative estimate of drug-likeness (QED) is 0.819. The van der Waals surface area contributed by atoms with Gasteiger partial charge in [0.15, 0.2) is 0 Å². The average molecular weight is 384 g/mol. The topological polar surface area (TPSA) is 75.3 Å². The summed E-state index contributed by atoms with van der Waals surface area (Å²) in [6.45, 7) is 5.09. The molecule has 0 fully saturated rings. The number of nitrogens with one attached hydrogen (secondary N) is 2. The molecule has 1 rings (SSSR count). The van der Waals surface area contributed by atoms with Crippen LogP contribution in [-0.4, -0.2) is 26.4 Å². The van der Waals surface area contributed by atoms with Gasteiger partial charge in [-0.25, -0.2) is 8.42 Å². The molecule has 1 atom stereocenters. The van der Waals surface area contributed by atoms with Gasteiger partial charge in [-0.3, -0.25) is 4.79 Å². The Labute approximate surface area is 132 Å². The molecule has 0 aromatic heterocycles. The van der Waals surface area contributed by atoms with Crippen molar-refractivity contribution in [2.24, 2.45) is 0 Å². The first-order chi connectivity index (χ1) is 9.13. The van der Waals surface area contributed by atoms with Gasteiger partial charge >= 0.3 is 0 Å². The molecular weight excluding hydrogens is 368 g/mol. The van der Waals surface area contributed by atoms with Gasteiger partial charge < -0.3 is 5.32 Å². The maximum atomic E-state index is 12.1. The van der Waals surface area contributed by atoms with Gasteiger partial charge in [0.1, 0.15) is 0 Å². The molecular formula is C12H16BrClN2O3S. The number of hydrogen-bond donors (Lipinski definition) is 2. The summed E-state index contributed by atoms with van der Waals surface area (Å²) < 4.78 is 27.1. The van der Waals surface area contributed by atoms with Crippen LogP contribution >= 0.6 is 27.5 Å². The van der Waals surface area contributed by atoms with Crippen LogP contribution in [-0.2, 0) is 14.8 Å². The fourth-order valence-corrected chi connectivity index (χ4v) is 3.28. The zero-order valence-electron chi connectivity index (χ0n) is 11.3. The van der Waals surface area contributed by atoms with Crippen LogP contribution in [0.5, 0.6) is 0 Å². The van der Waals surface area contributed by atoms with E-state index in [1.54, 1.807) is 13.8 Å². The standard InChI is InChI=1S/C12H16BrClN2O3S/c1-7(2)15-12(17)8(3)16-20(18,19)9-4-5-11(14)10(13)6-9/h4-8,16H,1-3H3,(H,15,17). The number of benzene rings is 1. The Morgan fingerprint density at radius 3 is 2.40 bits per heavy atom. The van der Waals surface area contributed by atoms with Crippen molar-refractivity contribution in [3.05, 3.63) is 27.7 Å². The molecule has 1 unspecified atom stereocenters. The Morgan fingerprint density at radius 1 is 1.30 bits per heavy atom. The highest BCUT2D eigenvalue weighted by Gasteiger charge is 2.22. The number of sulfonamides is 1. The second-order valence-corrected chi connectivity index (χ2v) is 7.56. The number of amides is 1. The van der Waals surface area contributed by atoms with E-state index in [1.807, 2.05) is 0 Å². The van der Waals surface area contributed by atoms with Crippen molar-refractivity contribution in [1.29, 1.82) is 0 Å². The van der Waals surface area contributed by atoms with Crippen LogP contribution in [0, 0.1) is 0 Å². The third-order valence-electron chi connectivity index (χ3n) is 2.36. The lowest BCUT2D eigenvalue weighted by Crippen LogP contribution is -2.46. The first kappa shape index (κ1) is 17.4. The van der Waals surface area contributed by atoms with Crippen molar-refractivity contribution in [3.8, 4) is 0 Å². The maximum Gasteiger partial charge on any atom is 0.241 e. The molecule has 20 heavy (non-hydrogen) atoms. The highest BCUT2D eigenvalue weighted by molar-refractivity contribution is 9.10. The number of hydrogen-bond acceptors (Lipinski definition) is 3. The Morgan fingerprint density at radius 2 is 1.90 bits per heavy atom. The highest BCUT2D eigenvalue weighted by atomic mass is 79.9. The SMILES string of the molecule is CC(C)NC(=O)C(C)NS(=O)(=O)c1ccc(Cl)c(Br)c1. The van der Waals surface area contributed by atoms with Crippen LogP contribution in [0.15, 0.2) is 27.6 Å². The molecule has 0 aliphatic heterocycles. The predicted molar refractivity (Wildman–Crippen MR) is 82.2 cm³/mol.